The van der Waals surface area contributed by atoms with Crippen LogP contribution in [0.25, 0.3) is 6.08 Å². The van der Waals surface area contributed by atoms with Gasteiger partial charge in [0.05, 0.1) is 11.1 Å². The van der Waals surface area contributed by atoms with Gasteiger partial charge in [0.1, 0.15) is 11.5 Å². The Morgan fingerprint density at radius 2 is 1.93 bits per heavy atom. The lowest BCUT2D eigenvalue weighted by atomic mass is 9.98. The lowest BCUT2D eigenvalue weighted by Crippen LogP contribution is -2.29. The van der Waals surface area contributed by atoms with E-state index < -0.39 is 0 Å². The van der Waals surface area contributed by atoms with E-state index in [0.717, 1.165) is 25.9 Å². The molecule has 2 aromatic rings. The summed E-state index contributed by atoms with van der Waals surface area (Å²) in [7, 11) is 0. The molecule has 4 nitrogen and oxygen atoms in total. The summed E-state index contributed by atoms with van der Waals surface area (Å²) in [5.41, 5.74) is 2.54. The number of Topliss-reactive ketones (excluding diaryl/α,β-unsaturated/α-hetero) is 1. The van der Waals surface area contributed by atoms with Crippen LogP contribution in [0.3, 0.4) is 0 Å². The van der Waals surface area contributed by atoms with Crippen LogP contribution in [0.1, 0.15) is 46.3 Å². The normalized spacial score (nSPS) is 18.4. The maximum atomic E-state index is 13.0. The third-order valence-corrected chi connectivity index (χ3v) is 5.86. The van der Waals surface area contributed by atoms with Gasteiger partial charge >= 0.3 is 0 Å². The Morgan fingerprint density at radius 3 is 2.64 bits per heavy atom. The smallest absolute Gasteiger partial charge is 0.232 e. The molecule has 0 radical (unpaired) electrons. The lowest BCUT2D eigenvalue weighted by molar-refractivity contribution is 0.101. The molecule has 2 aromatic carbocycles. The summed E-state index contributed by atoms with van der Waals surface area (Å²) in [5, 5.41) is 11.5. The number of aromatic hydroxyl groups is 1. The number of halogens is 2. The van der Waals surface area contributed by atoms with E-state index in [1.54, 1.807) is 30.3 Å². The molecule has 1 saturated heterocycles. The van der Waals surface area contributed by atoms with Crippen LogP contribution in [0.15, 0.2) is 30.0 Å². The molecular weight excluding hydrogens is 397 g/mol. The van der Waals surface area contributed by atoms with E-state index in [0.29, 0.717) is 44.6 Å². The average Bonchev–Trinajstić information content (AvgIpc) is 2.98. The third kappa shape index (κ3) is 3.64. The number of nitrogens with zero attached hydrogens (tertiary/aromatic N) is 1. The van der Waals surface area contributed by atoms with Gasteiger partial charge in [0.2, 0.25) is 5.78 Å². The minimum absolute atomic E-state index is 0.167. The average molecular weight is 418 g/mol. The van der Waals surface area contributed by atoms with Crippen LogP contribution >= 0.6 is 23.2 Å². The minimum atomic E-state index is -0.196. The SMILES string of the molecule is Cc1cc(O)c(CN2CCCCC2)c2c1C(=O)/C(=C/c1ccc(Cl)cc1Cl)O2. The monoisotopic (exact) mass is 417 g/mol. The predicted octanol–water partition coefficient (Wildman–Crippen LogP) is 5.61. The quantitative estimate of drug-likeness (QED) is 0.659. The standard InChI is InChI=1S/C22H21Cl2NO3/c1-13-9-18(26)16(12-25-7-3-2-4-8-25)22-20(13)21(27)19(28-22)10-14-5-6-15(23)11-17(14)24/h5-6,9-11,26H,2-4,7-8,12H2,1H3/b19-10-. The summed E-state index contributed by atoms with van der Waals surface area (Å²) >= 11 is 12.2. The Morgan fingerprint density at radius 1 is 1.18 bits per heavy atom. The van der Waals surface area contributed by atoms with Crippen molar-refractivity contribution in [1.82, 2.24) is 4.90 Å². The summed E-state index contributed by atoms with van der Waals surface area (Å²) in [6, 6.07) is 6.74. The number of benzene rings is 2. The van der Waals surface area contributed by atoms with Crippen molar-refractivity contribution in [2.45, 2.75) is 32.7 Å². The molecule has 4 rings (SSSR count). The second-order valence-electron chi connectivity index (χ2n) is 7.34. The van der Waals surface area contributed by atoms with Crippen molar-refractivity contribution in [3.63, 3.8) is 0 Å². The number of phenols is 1. The number of carbonyl (C=O) groups is 1. The molecule has 0 atom stereocenters. The Kier molecular flexibility index (Phi) is 5.37. The lowest BCUT2D eigenvalue weighted by Gasteiger charge is -2.27. The molecule has 6 heteroatoms. The zero-order chi connectivity index (χ0) is 19.8. The first kappa shape index (κ1) is 19.3. The van der Waals surface area contributed by atoms with Gasteiger partial charge in [0.15, 0.2) is 5.76 Å². The van der Waals surface area contributed by atoms with Gasteiger partial charge in [-0.05, 0) is 68.3 Å². The number of fused-ring (bicyclic) bond motifs is 1. The molecule has 28 heavy (non-hydrogen) atoms. The van der Waals surface area contributed by atoms with Crippen LogP contribution in [0.4, 0.5) is 0 Å². The highest BCUT2D eigenvalue weighted by atomic mass is 35.5. The Hall–Kier alpha value is -2.01. The third-order valence-electron chi connectivity index (χ3n) is 5.30. The van der Waals surface area contributed by atoms with Gasteiger partial charge in [-0.15, -0.1) is 0 Å². The fraction of sp³-hybridized carbons (Fsp3) is 0.318. The maximum absolute atomic E-state index is 13.0. The van der Waals surface area contributed by atoms with E-state index in [9.17, 15) is 9.90 Å². The number of rotatable bonds is 3. The van der Waals surface area contributed by atoms with Crippen molar-refractivity contribution in [2.24, 2.45) is 0 Å². The first-order valence-electron chi connectivity index (χ1n) is 9.41. The summed E-state index contributed by atoms with van der Waals surface area (Å²) in [6.45, 7) is 4.34. The number of phenolic OH excluding ortho intramolecular Hbond substituents is 1. The van der Waals surface area contributed by atoms with E-state index in [1.807, 2.05) is 6.92 Å². The molecule has 0 amide bonds. The number of allylic oxidation sites excluding steroid dienone is 1. The fourth-order valence-electron chi connectivity index (χ4n) is 3.83. The first-order chi connectivity index (χ1) is 13.4. The Balaban J connectivity index is 1.71. The number of aryl methyl sites for hydroxylation is 1. The van der Waals surface area contributed by atoms with Crippen LogP contribution in [0.2, 0.25) is 10.0 Å². The highest BCUT2D eigenvalue weighted by Gasteiger charge is 2.34. The number of ether oxygens (including phenoxy) is 1. The van der Waals surface area contributed by atoms with Crippen LogP contribution in [-0.4, -0.2) is 28.9 Å². The molecule has 1 fully saturated rings. The number of ketones is 1. The Bertz CT molecular complexity index is 978. The first-order valence-corrected chi connectivity index (χ1v) is 10.2. The molecule has 0 bridgehead atoms. The summed E-state index contributed by atoms with van der Waals surface area (Å²) in [5.74, 6) is 0.635. The van der Waals surface area contributed by atoms with Gasteiger partial charge in [-0.2, -0.15) is 0 Å². The minimum Gasteiger partial charge on any atom is -0.507 e. The second kappa shape index (κ2) is 7.78. The second-order valence-corrected chi connectivity index (χ2v) is 8.18. The molecule has 146 valence electrons. The molecule has 0 saturated carbocycles. The van der Waals surface area contributed by atoms with Crippen molar-refractivity contribution < 1.29 is 14.6 Å². The predicted molar refractivity (Wildman–Crippen MR) is 111 cm³/mol. The molecular formula is C22H21Cl2NO3. The fourth-order valence-corrected chi connectivity index (χ4v) is 4.30. The number of carbonyl (C=O) groups excluding carboxylic acids is 1. The van der Waals surface area contributed by atoms with Crippen LogP contribution in [-0.2, 0) is 6.54 Å². The van der Waals surface area contributed by atoms with Gasteiger partial charge in [0.25, 0.3) is 0 Å². The Labute approximate surface area is 174 Å². The van der Waals surface area contributed by atoms with Gasteiger partial charge in [0, 0.05) is 16.6 Å². The van der Waals surface area contributed by atoms with E-state index in [2.05, 4.69) is 4.90 Å². The summed E-state index contributed by atoms with van der Waals surface area (Å²) in [4.78, 5) is 15.3. The maximum Gasteiger partial charge on any atom is 0.232 e. The van der Waals surface area contributed by atoms with E-state index in [4.69, 9.17) is 27.9 Å². The molecule has 2 aliphatic rings. The topological polar surface area (TPSA) is 49.8 Å². The molecule has 0 aromatic heterocycles. The highest BCUT2D eigenvalue weighted by Crippen LogP contribution is 2.42. The van der Waals surface area contributed by atoms with Crippen molar-refractivity contribution >= 4 is 35.1 Å². The van der Waals surface area contributed by atoms with E-state index in [-0.39, 0.29) is 17.3 Å². The van der Waals surface area contributed by atoms with Crippen LogP contribution in [0, 0.1) is 6.92 Å². The van der Waals surface area contributed by atoms with Crippen molar-refractivity contribution in [1.29, 1.82) is 0 Å². The number of piperidine rings is 1. The highest BCUT2D eigenvalue weighted by molar-refractivity contribution is 6.35. The molecule has 0 aliphatic carbocycles. The molecule has 2 heterocycles. The van der Waals surface area contributed by atoms with Crippen LogP contribution < -0.4 is 4.74 Å². The zero-order valence-corrected chi connectivity index (χ0v) is 17.1. The number of hydrogen-bond donors (Lipinski definition) is 1. The van der Waals surface area contributed by atoms with Crippen molar-refractivity contribution in [3.05, 3.63) is 62.3 Å². The van der Waals surface area contributed by atoms with E-state index in [1.165, 1.54) is 6.42 Å². The zero-order valence-electron chi connectivity index (χ0n) is 15.6. The summed E-state index contributed by atoms with van der Waals surface area (Å²) in [6.07, 6.45) is 5.16. The van der Waals surface area contributed by atoms with Gasteiger partial charge in [-0.25, -0.2) is 0 Å². The molecule has 2 aliphatic heterocycles. The van der Waals surface area contributed by atoms with Gasteiger partial charge in [-0.3, -0.25) is 9.69 Å². The molecule has 1 N–H and O–H groups in total. The number of hydrogen-bond acceptors (Lipinski definition) is 4. The number of likely N-dealkylation sites (tertiary alicyclic amines) is 1. The molecule has 0 unspecified atom stereocenters. The van der Waals surface area contributed by atoms with Gasteiger partial charge in [-0.1, -0.05) is 35.7 Å². The van der Waals surface area contributed by atoms with Crippen molar-refractivity contribution in [3.8, 4) is 11.5 Å². The molecule has 0 spiro atoms. The summed E-state index contributed by atoms with van der Waals surface area (Å²) < 4.78 is 5.98. The van der Waals surface area contributed by atoms with Crippen molar-refractivity contribution in [2.75, 3.05) is 13.1 Å². The van der Waals surface area contributed by atoms with Crippen LogP contribution in [0.5, 0.6) is 11.5 Å². The van der Waals surface area contributed by atoms with Gasteiger partial charge < -0.3 is 9.84 Å². The largest absolute Gasteiger partial charge is 0.507 e. The van der Waals surface area contributed by atoms with E-state index >= 15 is 0 Å².